The van der Waals surface area contributed by atoms with Gasteiger partial charge in [0.1, 0.15) is 0 Å². The lowest BCUT2D eigenvalue weighted by atomic mass is 9.97. The molecule has 0 rings (SSSR count). The smallest absolute Gasteiger partial charge is 0.158 e. The quantitative estimate of drug-likeness (QED) is 0.446. The van der Waals surface area contributed by atoms with E-state index in [1.165, 1.54) is 0 Å². The molecule has 4 heteroatoms. The van der Waals surface area contributed by atoms with Crippen LogP contribution < -0.4 is 11.1 Å². The zero-order chi connectivity index (χ0) is 11.0. The van der Waals surface area contributed by atoms with E-state index in [-0.39, 0.29) is 11.8 Å². The molecule has 1 unspecified atom stereocenters. The van der Waals surface area contributed by atoms with Gasteiger partial charge in [0.2, 0.25) is 0 Å². The summed E-state index contributed by atoms with van der Waals surface area (Å²) in [5.41, 5.74) is 5.42. The van der Waals surface area contributed by atoms with Crippen LogP contribution in [-0.4, -0.2) is 39.1 Å². The maximum Gasteiger partial charge on any atom is 0.158 e. The second-order valence-corrected chi connectivity index (χ2v) is 3.43. The zero-order valence-electron chi connectivity index (χ0n) is 9.17. The molecule has 0 aliphatic rings. The summed E-state index contributed by atoms with van der Waals surface area (Å²) in [7, 11) is 3.21. The first-order chi connectivity index (χ1) is 6.61. The second-order valence-electron chi connectivity index (χ2n) is 3.43. The Balaban J connectivity index is 4.16. The highest BCUT2D eigenvalue weighted by Crippen LogP contribution is 2.13. The number of nitrogens with two attached hydrogens (primary N) is 1. The summed E-state index contributed by atoms with van der Waals surface area (Å²) in [5.74, 6) is 2.52. The summed E-state index contributed by atoms with van der Waals surface area (Å²) in [6.07, 6.45) is 5.58. The number of nitrogens with one attached hydrogen (secondary N) is 1. The molecule has 0 fully saturated rings. The van der Waals surface area contributed by atoms with Crippen molar-refractivity contribution in [1.82, 2.24) is 5.32 Å². The van der Waals surface area contributed by atoms with Crippen molar-refractivity contribution in [2.24, 2.45) is 5.73 Å². The molecule has 0 amide bonds. The van der Waals surface area contributed by atoms with Crippen LogP contribution in [0.15, 0.2) is 0 Å². The number of methoxy groups -OCH3 is 2. The van der Waals surface area contributed by atoms with Gasteiger partial charge in [-0.2, -0.15) is 0 Å². The molecule has 0 spiro atoms. The van der Waals surface area contributed by atoms with Gasteiger partial charge in [0.05, 0.1) is 6.54 Å². The van der Waals surface area contributed by atoms with Gasteiger partial charge in [-0.1, -0.05) is 5.92 Å². The Labute approximate surface area is 86.1 Å². The molecule has 3 N–H and O–H groups in total. The van der Waals surface area contributed by atoms with E-state index in [9.17, 15) is 0 Å². The molecule has 0 heterocycles. The van der Waals surface area contributed by atoms with E-state index in [1.54, 1.807) is 14.2 Å². The minimum Gasteiger partial charge on any atom is -0.356 e. The molecule has 82 valence electrons. The molecule has 0 aliphatic carbocycles. The van der Waals surface area contributed by atoms with Crippen LogP contribution in [0.25, 0.3) is 0 Å². The van der Waals surface area contributed by atoms with Gasteiger partial charge in [0, 0.05) is 32.7 Å². The molecule has 0 bridgehead atoms. The SMILES string of the molecule is C#CCNC(C)(CN)CC(OC)OC. The fourth-order valence-corrected chi connectivity index (χ4v) is 1.12. The second kappa shape index (κ2) is 6.80. The highest BCUT2D eigenvalue weighted by molar-refractivity contribution is 4.93. The van der Waals surface area contributed by atoms with E-state index in [1.807, 2.05) is 6.92 Å². The summed E-state index contributed by atoms with van der Waals surface area (Å²) in [6.45, 7) is 2.97. The van der Waals surface area contributed by atoms with Gasteiger partial charge in [-0.25, -0.2) is 0 Å². The monoisotopic (exact) mass is 200 g/mol. The van der Waals surface area contributed by atoms with Crippen LogP contribution in [0, 0.1) is 12.3 Å². The lowest BCUT2D eigenvalue weighted by Gasteiger charge is -2.31. The normalized spacial score (nSPS) is 15.1. The van der Waals surface area contributed by atoms with Crippen molar-refractivity contribution in [1.29, 1.82) is 0 Å². The Bertz CT molecular complexity index is 187. The molecule has 0 aromatic heterocycles. The molecule has 0 radical (unpaired) electrons. The Morgan fingerprint density at radius 3 is 2.43 bits per heavy atom. The van der Waals surface area contributed by atoms with Gasteiger partial charge >= 0.3 is 0 Å². The standard InChI is InChI=1S/C10H20N2O2/c1-5-6-12-10(2,8-11)7-9(13-3)14-4/h1,9,12H,6-8,11H2,2-4H3. The van der Waals surface area contributed by atoms with Crippen LogP contribution in [0.3, 0.4) is 0 Å². The fraction of sp³-hybridized carbons (Fsp3) is 0.800. The molecule has 0 saturated carbocycles. The minimum absolute atomic E-state index is 0.247. The molecule has 0 saturated heterocycles. The van der Waals surface area contributed by atoms with E-state index in [0.29, 0.717) is 19.5 Å². The lowest BCUT2D eigenvalue weighted by Crippen LogP contribution is -2.51. The van der Waals surface area contributed by atoms with E-state index in [4.69, 9.17) is 21.6 Å². The lowest BCUT2D eigenvalue weighted by molar-refractivity contribution is -0.117. The van der Waals surface area contributed by atoms with Crippen molar-refractivity contribution in [2.75, 3.05) is 27.3 Å². The summed E-state index contributed by atoms with van der Waals surface area (Å²) in [4.78, 5) is 0. The predicted octanol–water partition coefficient (Wildman–Crippen LogP) is -0.0644. The van der Waals surface area contributed by atoms with Gasteiger partial charge in [-0.15, -0.1) is 6.42 Å². The van der Waals surface area contributed by atoms with Gasteiger partial charge in [-0.05, 0) is 6.92 Å². The van der Waals surface area contributed by atoms with Crippen LogP contribution in [-0.2, 0) is 9.47 Å². The molecule has 1 atom stereocenters. The maximum atomic E-state index is 5.66. The van der Waals surface area contributed by atoms with E-state index in [0.717, 1.165) is 0 Å². The Morgan fingerprint density at radius 2 is 2.07 bits per heavy atom. The molecule has 0 aromatic carbocycles. The third-order valence-corrected chi connectivity index (χ3v) is 2.21. The summed E-state index contributed by atoms with van der Waals surface area (Å²) in [6, 6.07) is 0. The first-order valence-corrected chi connectivity index (χ1v) is 4.56. The van der Waals surface area contributed by atoms with Crippen LogP contribution in [0.5, 0.6) is 0 Å². The third kappa shape index (κ3) is 4.58. The van der Waals surface area contributed by atoms with Crippen LogP contribution >= 0.6 is 0 Å². The molecular weight excluding hydrogens is 180 g/mol. The van der Waals surface area contributed by atoms with E-state index >= 15 is 0 Å². The topological polar surface area (TPSA) is 56.5 Å². The first kappa shape index (κ1) is 13.4. The van der Waals surface area contributed by atoms with Gasteiger partial charge in [-0.3, -0.25) is 5.32 Å². The fourth-order valence-electron chi connectivity index (χ4n) is 1.12. The summed E-state index contributed by atoms with van der Waals surface area (Å²) < 4.78 is 10.2. The average molecular weight is 200 g/mol. The van der Waals surface area contributed by atoms with Crippen LogP contribution in [0.2, 0.25) is 0 Å². The van der Waals surface area contributed by atoms with Gasteiger partial charge < -0.3 is 15.2 Å². The highest BCUT2D eigenvalue weighted by atomic mass is 16.7. The molecule has 4 nitrogen and oxygen atoms in total. The summed E-state index contributed by atoms with van der Waals surface area (Å²) >= 11 is 0. The molecule has 14 heavy (non-hydrogen) atoms. The number of terminal acetylenes is 1. The van der Waals surface area contributed by atoms with Crippen LogP contribution in [0.1, 0.15) is 13.3 Å². The number of hydrogen-bond donors (Lipinski definition) is 2. The van der Waals surface area contributed by atoms with Crippen molar-refractivity contribution in [3.63, 3.8) is 0 Å². The number of hydrogen-bond acceptors (Lipinski definition) is 4. The van der Waals surface area contributed by atoms with Crippen molar-refractivity contribution in [3.8, 4) is 12.3 Å². The Morgan fingerprint density at radius 1 is 1.50 bits per heavy atom. The summed E-state index contributed by atoms with van der Waals surface area (Å²) in [5, 5.41) is 3.17. The first-order valence-electron chi connectivity index (χ1n) is 4.56. The molecule has 0 aromatic rings. The van der Waals surface area contributed by atoms with Gasteiger partial charge in [0.15, 0.2) is 6.29 Å². The zero-order valence-corrected chi connectivity index (χ0v) is 9.17. The van der Waals surface area contributed by atoms with Crippen LogP contribution in [0.4, 0.5) is 0 Å². The average Bonchev–Trinajstić information content (AvgIpc) is 2.23. The third-order valence-electron chi connectivity index (χ3n) is 2.21. The van der Waals surface area contributed by atoms with E-state index in [2.05, 4.69) is 11.2 Å². The Hall–Kier alpha value is -0.600. The van der Waals surface area contributed by atoms with Crippen molar-refractivity contribution >= 4 is 0 Å². The van der Waals surface area contributed by atoms with Crippen molar-refractivity contribution in [3.05, 3.63) is 0 Å². The molecule has 0 aliphatic heterocycles. The Kier molecular flexibility index (Phi) is 6.50. The highest BCUT2D eigenvalue weighted by Gasteiger charge is 2.25. The number of ether oxygens (including phenoxy) is 2. The van der Waals surface area contributed by atoms with Gasteiger partial charge in [0.25, 0.3) is 0 Å². The number of rotatable bonds is 7. The minimum atomic E-state index is -0.256. The van der Waals surface area contributed by atoms with E-state index < -0.39 is 0 Å². The predicted molar refractivity (Wildman–Crippen MR) is 56.7 cm³/mol. The maximum absolute atomic E-state index is 5.66. The largest absolute Gasteiger partial charge is 0.356 e. The van der Waals surface area contributed by atoms with Crippen molar-refractivity contribution in [2.45, 2.75) is 25.2 Å². The molecular formula is C10H20N2O2. The van der Waals surface area contributed by atoms with Crippen molar-refractivity contribution < 1.29 is 9.47 Å².